The summed E-state index contributed by atoms with van der Waals surface area (Å²) in [6.45, 7) is 4.34. The summed E-state index contributed by atoms with van der Waals surface area (Å²) in [6, 6.07) is 10.5. The third kappa shape index (κ3) is 3.98. The van der Waals surface area contributed by atoms with E-state index in [1.165, 1.54) is 5.56 Å². The van der Waals surface area contributed by atoms with Crippen molar-refractivity contribution >= 4 is 17.2 Å². The predicted octanol–water partition coefficient (Wildman–Crippen LogP) is 2.58. The van der Waals surface area contributed by atoms with Crippen LogP contribution in [0, 0.1) is 5.92 Å². The molecule has 1 amide bonds. The van der Waals surface area contributed by atoms with Gasteiger partial charge in [-0.3, -0.25) is 9.69 Å². The van der Waals surface area contributed by atoms with Gasteiger partial charge in [-0.05, 0) is 19.3 Å². The van der Waals surface area contributed by atoms with Crippen molar-refractivity contribution in [2.24, 2.45) is 11.7 Å². The van der Waals surface area contributed by atoms with E-state index < -0.39 is 0 Å². The molecule has 2 atom stereocenters. The predicted molar refractivity (Wildman–Crippen MR) is 105 cm³/mol. The molecule has 0 bridgehead atoms. The zero-order valence-electron chi connectivity index (χ0n) is 15.0. The molecule has 26 heavy (non-hydrogen) atoms. The van der Waals surface area contributed by atoms with Crippen molar-refractivity contribution in [1.82, 2.24) is 14.8 Å². The summed E-state index contributed by atoms with van der Waals surface area (Å²) in [5.41, 5.74) is 8.26. The SMILES string of the molecule is NC1CCC(C(=O)N2CCN(Cc3csc(-c4ccccc4)n3)CC2)C1. The maximum atomic E-state index is 12.6. The monoisotopic (exact) mass is 370 g/mol. The van der Waals surface area contributed by atoms with Gasteiger partial charge in [-0.1, -0.05) is 30.3 Å². The van der Waals surface area contributed by atoms with Gasteiger partial charge >= 0.3 is 0 Å². The second-order valence-electron chi connectivity index (χ2n) is 7.38. The minimum Gasteiger partial charge on any atom is -0.340 e. The Balaban J connectivity index is 1.29. The van der Waals surface area contributed by atoms with Crippen LogP contribution in [0.1, 0.15) is 25.0 Å². The Morgan fingerprint density at radius 2 is 1.92 bits per heavy atom. The van der Waals surface area contributed by atoms with E-state index in [0.29, 0.717) is 5.91 Å². The van der Waals surface area contributed by atoms with Crippen LogP contribution in [-0.4, -0.2) is 52.9 Å². The zero-order chi connectivity index (χ0) is 17.9. The first-order chi connectivity index (χ1) is 12.7. The molecule has 6 heteroatoms. The normalized spacial score (nSPS) is 24.1. The van der Waals surface area contributed by atoms with Crippen LogP contribution < -0.4 is 5.73 Å². The number of amides is 1. The molecule has 1 saturated heterocycles. The summed E-state index contributed by atoms with van der Waals surface area (Å²) in [6.07, 6.45) is 2.81. The minimum atomic E-state index is 0.156. The highest BCUT2D eigenvalue weighted by molar-refractivity contribution is 7.13. The molecule has 1 aliphatic heterocycles. The average molecular weight is 371 g/mol. The molecular weight excluding hydrogens is 344 g/mol. The number of carbonyl (C=O) groups is 1. The maximum absolute atomic E-state index is 12.6. The van der Waals surface area contributed by atoms with Gasteiger partial charge in [-0.15, -0.1) is 11.3 Å². The molecule has 1 aromatic carbocycles. The molecule has 5 nitrogen and oxygen atoms in total. The van der Waals surface area contributed by atoms with Crippen LogP contribution in [0.4, 0.5) is 0 Å². The van der Waals surface area contributed by atoms with Gasteiger partial charge in [0.25, 0.3) is 0 Å². The van der Waals surface area contributed by atoms with E-state index in [1.807, 2.05) is 23.1 Å². The lowest BCUT2D eigenvalue weighted by Crippen LogP contribution is -2.49. The van der Waals surface area contributed by atoms with Crippen LogP contribution in [0.3, 0.4) is 0 Å². The van der Waals surface area contributed by atoms with Gasteiger partial charge < -0.3 is 10.6 Å². The minimum absolute atomic E-state index is 0.156. The second-order valence-corrected chi connectivity index (χ2v) is 8.24. The van der Waals surface area contributed by atoms with Crippen molar-refractivity contribution in [2.45, 2.75) is 31.8 Å². The number of thiazole rings is 1. The molecule has 1 saturated carbocycles. The molecule has 138 valence electrons. The van der Waals surface area contributed by atoms with Crippen LogP contribution in [0.25, 0.3) is 10.6 Å². The molecule has 2 N–H and O–H groups in total. The van der Waals surface area contributed by atoms with Gasteiger partial charge in [0.15, 0.2) is 0 Å². The molecule has 2 fully saturated rings. The summed E-state index contributed by atoms with van der Waals surface area (Å²) in [5, 5.41) is 3.23. The van der Waals surface area contributed by atoms with Gasteiger partial charge in [-0.25, -0.2) is 4.98 Å². The molecule has 2 aliphatic rings. The summed E-state index contributed by atoms with van der Waals surface area (Å²) >= 11 is 1.70. The zero-order valence-corrected chi connectivity index (χ0v) is 15.8. The number of aromatic nitrogens is 1. The Bertz CT molecular complexity index is 739. The lowest BCUT2D eigenvalue weighted by atomic mass is 10.1. The average Bonchev–Trinajstić information content (AvgIpc) is 3.32. The first-order valence-electron chi connectivity index (χ1n) is 9.45. The topological polar surface area (TPSA) is 62.5 Å². The number of rotatable bonds is 4. The lowest BCUT2D eigenvalue weighted by Gasteiger charge is -2.35. The number of nitrogens with two attached hydrogens (primary N) is 1. The van der Waals surface area contributed by atoms with Crippen molar-refractivity contribution in [1.29, 1.82) is 0 Å². The Labute approximate surface area is 158 Å². The fourth-order valence-corrected chi connectivity index (χ4v) is 4.76. The van der Waals surface area contributed by atoms with Gasteiger partial charge in [-0.2, -0.15) is 0 Å². The smallest absolute Gasteiger partial charge is 0.225 e. The number of nitrogens with zero attached hydrogens (tertiary/aromatic N) is 3. The van der Waals surface area contributed by atoms with E-state index in [4.69, 9.17) is 10.7 Å². The summed E-state index contributed by atoms with van der Waals surface area (Å²) < 4.78 is 0. The number of benzene rings is 1. The molecule has 0 radical (unpaired) electrons. The van der Waals surface area contributed by atoms with Crippen LogP contribution in [0.15, 0.2) is 35.7 Å². The molecule has 1 aliphatic carbocycles. The van der Waals surface area contributed by atoms with Crippen LogP contribution >= 0.6 is 11.3 Å². The molecular formula is C20H26N4OS. The fraction of sp³-hybridized carbons (Fsp3) is 0.500. The van der Waals surface area contributed by atoms with Gasteiger partial charge in [0, 0.05) is 55.6 Å². The van der Waals surface area contributed by atoms with Crippen molar-refractivity contribution in [3.05, 3.63) is 41.4 Å². The van der Waals surface area contributed by atoms with Crippen molar-refractivity contribution in [3.8, 4) is 10.6 Å². The quantitative estimate of drug-likeness (QED) is 0.899. The van der Waals surface area contributed by atoms with Gasteiger partial charge in [0.2, 0.25) is 5.91 Å². The highest BCUT2D eigenvalue weighted by Gasteiger charge is 2.32. The highest BCUT2D eigenvalue weighted by atomic mass is 32.1. The van der Waals surface area contributed by atoms with Crippen molar-refractivity contribution in [2.75, 3.05) is 26.2 Å². The highest BCUT2D eigenvalue weighted by Crippen LogP contribution is 2.27. The first-order valence-corrected chi connectivity index (χ1v) is 10.3. The number of hydrogen-bond acceptors (Lipinski definition) is 5. The van der Waals surface area contributed by atoms with Crippen molar-refractivity contribution in [3.63, 3.8) is 0 Å². The Kier molecular flexibility index (Phi) is 5.33. The van der Waals surface area contributed by atoms with Crippen LogP contribution in [-0.2, 0) is 11.3 Å². The molecule has 4 rings (SSSR count). The largest absolute Gasteiger partial charge is 0.340 e. The Morgan fingerprint density at radius 1 is 1.15 bits per heavy atom. The lowest BCUT2D eigenvalue weighted by molar-refractivity contribution is -0.137. The van der Waals surface area contributed by atoms with E-state index >= 15 is 0 Å². The van der Waals surface area contributed by atoms with E-state index in [0.717, 1.165) is 62.7 Å². The maximum Gasteiger partial charge on any atom is 0.225 e. The molecule has 2 heterocycles. The van der Waals surface area contributed by atoms with E-state index in [-0.39, 0.29) is 12.0 Å². The Morgan fingerprint density at radius 3 is 2.62 bits per heavy atom. The van der Waals surface area contributed by atoms with Crippen LogP contribution in [0.5, 0.6) is 0 Å². The first kappa shape index (κ1) is 17.6. The van der Waals surface area contributed by atoms with E-state index in [1.54, 1.807) is 11.3 Å². The number of carbonyl (C=O) groups excluding carboxylic acids is 1. The molecule has 2 unspecified atom stereocenters. The number of hydrogen-bond donors (Lipinski definition) is 1. The summed E-state index contributed by atoms with van der Waals surface area (Å²) in [5.74, 6) is 0.473. The third-order valence-electron chi connectivity index (χ3n) is 5.46. The summed E-state index contributed by atoms with van der Waals surface area (Å²) in [7, 11) is 0. The van der Waals surface area contributed by atoms with Crippen molar-refractivity contribution < 1.29 is 4.79 Å². The molecule has 1 aromatic heterocycles. The molecule has 2 aromatic rings. The van der Waals surface area contributed by atoms with Gasteiger partial charge in [0.05, 0.1) is 5.69 Å². The Hall–Kier alpha value is -1.76. The molecule has 0 spiro atoms. The standard InChI is InChI=1S/C20H26N4OS/c21-17-7-6-16(12-17)20(25)24-10-8-23(9-11-24)13-18-14-26-19(22-18)15-4-2-1-3-5-15/h1-5,14,16-17H,6-13,21H2. The van der Waals surface area contributed by atoms with Gasteiger partial charge in [0.1, 0.15) is 5.01 Å². The summed E-state index contributed by atoms with van der Waals surface area (Å²) in [4.78, 5) is 21.8. The third-order valence-corrected chi connectivity index (χ3v) is 6.40. The number of piperazine rings is 1. The van der Waals surface area contributed by atoms with E-state index in [2.05, 4.69) is 22.4 Å². The second kappa shape index (κ2) is 7.86. The van der Waals surface area contributed by atoms with E-state index in [9.17, 15) is 4.79 Å². The van der Waals surface area contributed by atoms with Crippen LogP contribution in [0.2, 0.25) is 0 Å². The fourth-order valence-electron chi connectivity index (χ4n) is 3.95.